The largest absolute Gasteiger partial charge is 0.478 e. The Bertz CT molecular complexity index is 1320. The fourth-order valence-electron chi connectivity index (χ4n) is 2.97. The second-order valence-electron chi connectivity index (χ2n) is 6.48. The van der Waals surface area contributed by atoms with E-state index >= 15 is 0 Å². The number of H-pyrrole nitrogens is 1. The van der Waals surface area contributed by atoms with Crippen LogP contribution in [0.1, 0.15) is 27.5 Å². The maximum Gasteiger partial charge on any atom is 0.335 e. The summed E-state index contributed by atoms with van der Waals surface area (Å²) in [5, 5.41) is 19.1. The number of rotatable bonds is 4. The number of hydrogen-bond acceptors (Lipinski definition) is 4. The van der Waals surface area contributed by atoms with Crippen LogP contribution in [0.4, 0.5) is 0 Å². The molecule has 4 rings (SSSR count). The number of carboxylic acid groups (broad SMARTS) is 1. The predicted octanol–water partition coefficient (Wildman–Crippen LogP) is 5.55. The van der Waals surface area contributed by atoms with Crippen LogP contribution in [-0.2, 0) is 0 Å². The standard InChI is InChI=1S/C22H14ClN3O3/c1-12-2-6-18-19(8-12)26-21(25-18)14(11-24)9-15-4-7-20(29-15)16-10-13(22(27)28)3-5-17(16)23/h2-10H,1H3,(H,25,26)(H,27,28). The number of halogens is 1. The summed E-state index contributed by atoms with van der Waals surface area (Å²) in [5.74, 6) is 0.213. The molecule has 29 heavy (non-hydrogen) atoms. The molecule has 0 aliphatic carbocycles. The molecule has 7 heteroatoms. The van der Waals surface area contributed by atoms with E-state index in [1.807, 2.05) is 25.1 Å². The van der Waals surface area contributed by atoms with Gasteiger partial charge >= 0.3 is 5.97 Å². The Morgan fingerprint density at radius 2 is 2.07 bits per heavy atom. The number of carboxylic acids is 1. The van der Waals surface area contributed by atoms with Crippen molar-refractivity contribution in [2.24, 2.45) is 0 Å². The molecule has 2 aromatic carbocycles. The van der Waals surface area contributed by atoms with Crippen molar-refractivity contribution >= 4 is 40.3 Å². The Hall–Kier alpha value is -3.82. The molecule has 0 aliphatic rings. The van der Waals surface area contributed by atoms with E-state index in [-0.39, 0.29) is 5.56 Å². The summed E-state index contributed by atoms with van der Waals surface area (Å²) in [6.45, 7) is 1.98. The maximum absolute atomic E-state index is 11.2. The number of furan rings is 1. The van der Waals surface area contributed by atoms with Crippen LogP contribution in [-0.4, -0.2) is 21.0 Å². The van der Waals surface area contributed by atoms with E-state index in [0.717, 1.165) is 16.6 Å². The van der Waals surface area contributed by atoms with Gasteiger partial charge in [-0.3, -0.25) is 0 Å². The van der Waals surface area contributed by atoms with Crippen LogP contribution < -0.4 is 0 Å². The number of aromatic carboxylic acids is 1. The molecule has 2 heterocycles. The molecule has 0 aliphatic heterocycles. The average molecular weight is 404 g/mol. The first-order valence-electron chi connectivity index (χ1n) is 8.66. The first kappa shape index (κ1) is 18.5. The molecule has 4 aromatic rings. The lowest BCUT2D eigenvalue weighted by atomic mass is 10.1. The molecule has 0 unspecified atom stereocenters. The number of hydrogen-bond donors (Lipinski definition) is 2. The molecule has 0 saturated carbocycles. The van der Waals surface area contributed by atoms with E-state index in [9.17, 15) is 15.2 Å². The molecule has 0 spiro atoms. The van der Waals surface area contributed by atoms with Gasteiger partial charge in [-0.15, -0.1) is 0 Å². The van der Waals surface area contributed by atoms with E-state index < -0.39 is 5.97 Å². The van der Waals surface area contributed by atoms with Crippen molar-refractivity contribution in [3.8, 4) is 17.4 Å². The Kier molecular flexibility index (Phi) is 4.67. The van der Waals surface area contributed by atoms with Crippen LogP contribution in [0.5, 0.6) is 0 Å². The number of carbonyl (C=O) groups is 1. The van der Waals surface area contributed by atoms with Crippen LogP contribution in [0.25, 0.3) is 34.0 Å². The van der Waals surface area contributed by atoms with Gasteiger partial charge in [-0.05, 0) is 55.0 Å². The van der Waals surface area contributed by atoms with Gasteiger partial charge in [-0.25, -0.2) is 9.78 Å². The van der Waals surface area contributed by atoms with Crippen molar-refractivity contribution in [2.45, 2.75) is 6.92 Å². The summed E-state index contributed by atoms with van der Waals surface area (Å²) in [5.41, 5.74) is 3.58. The van der Waals surface area contributed by atoms with Gasteiger partial charge in [0.25, 0.3) is 0 Å². The first-order chi connectivity index (χ1) is 13.9. The molecule has 6 nitrogen and oxygen atoms in total. The number of imidazole rings is 1. The van der Waals surface area contributed by atoms with Crippen LogP contribution in [0.2, 0.25) is 5.02 Å². The Morgan fingerprint density at radius 1 is 1.24 bits per heavy atom. The lowest BCUT2D eigenvalue weighted by Crippen LogP contribution is -1.96. The topological polar surface area (TPSA) is 103 Å². The van der Waals surface area contributed by atoms with E-state index in [1.165, 1.54) is 18.2 Å². The van der Waals surface area contributed by atoms with Gasteiger partial charge in [0.05, 0.1) is 27.2 Å². The Balaban J connectivity index is 1.71. The number of aryl methyl sites for hydroxylation is 1. The van der Waals surface area contributed by atoms with Gasteiger partial charge in [-0.2, -0.15) is 5.26 Å². The van der Waals surface area contributed by atoms with Crippen LogP contribution in [0, 0.1) is 18.3 Å². The molecule has 0 bridgehead atoms. The fourth-order valence-corrected chi connectivity index (χ4v) is 3.18. The van der Waals surface area contributed by atoms with E-state index in [1.54, 1.807) is 18.2 Å². The van der Waals surface area contributed by atoms with Crippen molar-refractivity contribution < 1.29 is 14.3 Å². The molecule has 0 radical (unpaired) electrons. The SMILES string of the molecule is Cc1ccc2nc(C(C#N)=Cc3ccc(-c4cc(C(=O)O)ccc4Cl)o3)[nH]c2c1. The summed E-state index contributed by atoms with van der Waals surface area (Å²) >= 11 is 6.20. The minimum absolute atomic E-state index is 0.105. The average Bonchev–Trinajstić information content (AvgIpc) is 3.32. The van der Waals surface area contributed by atoms with Crippen molar-refractivity contribution in [3.63, 3.8) is 0 Å². The highest BCUT2D eigenvalue weighted by atomic mass is 35.5. The number of nitriles is 1. The second-order valence-corrected chi connectivity index (χ2v) is 6.88. The highest BCUT2D eigenvalue weighted by Gasteiger charge is 2.14. The van der Waals surface area contributed by atoms with Gasteiger partial charge in [-0.1, -0.05) is 17.7 Å². The molecule has 142 valence electrons. The van der Waals surface area contributed by atoms with Gasteiger partial charge in [0, 0.05) is 11.6 Å². The number of aromatic nitrogens is 2. The lowest BCUT2D eigenvalue weighted by Gasteiger charge is -2.02. The van der Waals surface area contributed by atoms with Crippen LogP contribution in [0.15, 0.2) is 52.9 Å². The quantitative estimate of drug-likeness (QED) is 0.435. The smallest absolute Gasteiger partial charge is 0.335 e. The van der Waals surface area contributed by atoms with Gasteiger partial charge in [0.2, 0.25) is 0 Å². The first-order valence-corrected chi connectivity index (χ1v) is 9.04. The monoisotopic (exact) mass is 403 g/mol. The zero-order valence-corrected chi connectivity index (χ0v) is 16.0. The summed E-state index contributed by atoms with van der Waals surface area (Å²) in [6, 6.07) is 15.7. The highest BCUT2D eigenvalue weighted by Crippen LogP contribution is 2.31. The van der Waals surface area contributed by atoms with Crippen molar-refractivity contribution in [3.05, 3.63) is 76.3 Å². The van der Waals surface area contributed by atoms with Crippen LogP contribution >= 0.6 is 11.6 Å². The molecule has 0 saturated heterocycles. The number of nitrogens with one attached hydrogen (secondary N) is 1. The fraction of sp³-hybridized carbons (Fsp3) is 0.0455. The number of benzene rings is 2. The molecular weight excluding hydrogens is 390 g/mol. The van der Waals surface area contributed by atoms with E-state index in [0.29, 0.717) is 33.5 Å². The minimum Gasteiger partial charge on any atom is -0.478 e. The lowest BCUT2D eigenvalue weighted by molar-refractivity contribution is 0.0697. The van der Waals surface area contributed by atoms with E-state index in [4.69, 9.17) is 16.0 Å². The molecule has 2 N–H and O–H groups in total. The maximum atomic E-state index is 11.2. The predicted molar refractivity (Wildman–Crippen MR) is 110 cm³/mol. The number of fused-ring (bicyclic) bond motifs is 1. The van der Waals surface area contributed by atoms with Gasteiger partial charge in [0.1, 0.15) is 23.4 Å². The molecule has 2 aromatic heterocycles. The summed E-state index contributed by atoms with van der Waals surface area (Å²) in [4.78, 5) is 18.8. The molecule has 0 amide bonds. The summed E-state index contributed by atoms with van der Waals surface area (Å²) in [7, 11) is 0. The highest BCUT2D eigenvalue weighted by molar-refractivity contribution is 6.33. The van der Waals surface area contributed by atoms with E-state index in [2.05, 4.69) is 16.0 Å². The van der Waals surface area contributed by atoms with Gasteiger partial charge in [0.15, 0.2) is 0 Å². The number of nitrogens with zero attached hydrogens (tertiary/aromatic N) is 2. The third kappa shape index (κ3) is 3.64. The molecule has 0 atom stereocenters. The zero-order valence-electron chi connectivity index (χ0n) is 15.2. The third-order valence-corrected chi connectivity index (χ3v) is 4.73. The second kappa shape index (κ2) is 7.30. The normalized spacial score (nSPS) is 11.6. The molecular formula is C22H14ClN3O3. The zero-order chi connectivity index (χ0) is 20.5. The summed E-state index contributed by atoms with van der Waals surface area (Å²) < 4.78 is 5.79. The molecule has 0 fully saturated rings. The Labute approximate surface area is 170 Å². The summed E-state index contributed by atoms with van der Waals surface area (Å²) in [6.07, 6.45) is 1.57. The number of aromatic amines is 1. The minimum atomic E-state index is -1.05. The van der Waals surface area contributed by atoms with Crippen molar-refractivity contribution in [1.29, 1.82) is 5.26 Å². The number of allylic oxidation sites excluding steroid dienone is 1. The van der Waals surface area contributed by atoms with Crippen molar-refractivity contribution in [2.75, 3.05) is 0 Å². The van der Waals surface area contributed by atoms with Crippen molar-refractivity contribution in [1.82, 2.24) is 9.97 Å². The van der Waals surface area contributed by atoms with Gasteiger partial charge < -0.3 is 14.5 Å². The Morgan fingerprint density at radius 3 is 2.83 bits per heavy atom. The third-order valence-electron chi connectivity index (χ3n) is 4.41. The van der Waals surface area contributed by atoms with Crippen LogP contribution in [0.3, 0.4) is 0 Å².